The van der Waals surface area contributed by atoms with Crippen molar-refractivity contribution in [3.05, 3.63) is 47.0 Å². The van der Waals surface area contributed by atoms with Gasteiger partial charge in [0.2, 0.25) is 0 Å². The van der Waals surface area contributed by atoms with Crippen molar-refractivity contribution in [1.29, 1.82) is 0 Å². The number of carbonyl (C=O) groups is 4. The van der Waals surface area contributed by atoms with E-state index in [1.54, 1.807) is 18.2 Å². The molecule has 1 aromatic rings. The molecule has 1 aromatic carbocycles. The van der Waals surface area contributed by atoms with Crippen molar-refractivity contribution in [2.75, 3.05) is 0 Å². The lowest BCUT2D eigenvalue weighted by molar-refractivity contribution is -0.178. The van der Waals surface area contributed by atoms with E-state index < -0.39 is 17.4 Å². The highest BCUT2D eigenvalue weighted by Crippen LogP contribution is 2.74. The van der Waals surface area contributed by atoms with E-state index in [0.717, 1.165) is 44.9 Å². The fourth-order valence-electron chi connectivity index (χ4n) is 11.3. The number of amides is 1. The second kappa shape index (κ2) is 10.0. The molecular weight excluding hydrogens is 554 g/mol. The number of aliphatic carboxylic acids is 1. The second-order valence-corrected chi connectivity index (χ2v) is 16.4. The first-order valence-electron chi connectivity index (χ1n) is 16.6. The van der Waals surface area contributed by atoms with Crippen LogP contribution < -0.4 is 5.32 Å². The van der Waals surface area contributed by atoms with E-state index in [-0.39, 0.29) is 74.2 Å². The molecule has 7 nitrogen and oxygen atoms in total. The van der Waals surface area contributed by atoms with Crippen LogP contribution in [-0.4, -0.2) is 39.9 Å². The molecule has 0 heterocycles. The zero-order chi connectivity index (χ0) is 32.0. The molecule has 0 radical (unpaired) electrons. The Morgan fingerprint density at radius 1 is 0.864 bits per heavy atom. The number of nitrogens with one attached hydrogen (secondary N) is 1. The van der Waals surface area contributed by atoms with Crippen molar-refractivity contribution in [3.63, 3.8) is 0 Å². The minimum absolute atomic E-state index is 0.000543. The van der Waals surface area contributed by atoms with E-state index in [4.69, 9.17) is 0 Å². The standard InChI is InChI=1S/C37H49NO6/c1-21-24-11-14-37(6)29(35(24,4)13-12-27(21)38-30(40)22-9-7-8-10-23(22)31(41)42)28(39)19-25-26-20-34(3,32(43)44)16-15-33(26,2)17-18-36(25,37)5/h7-10,19,21,24,26-27,29H,11-18,20H2,1-6H3,(H,38,40)(H,41,42)(H,43,44)/t21-,24?,26+,27?,29?,33-,34+,35+,36-,37-/m1/s1. The Morgan fingerprint density at radius 2 is 1.52 bits per heavy atom. The number of ketones is 1. The molecular formula is C37H49NO6. The third kappa shape index (κ3) is 4.20. The summed E-state index contributed by atoms with van der Waals surface area (Å²) in [5.41, 5.74) is 0.0269. The monoisotopic (exact) mass is 603 g/mol. The Labute approximate surface area is 261 Å². The van der Waals surface area contributed by atoms with Gasteiger partial charge < -0.3 is 15.5 Å². The maximum absolute atomic E-state index is 14.5. The smallest absolute Gasteiger partial charge is 0.336 e. The van der Waals surface area contributed by atoms with E-state index >= 15 is 0 Å². The molecule has 4 fully saturated rings. The Balaban J connectivity index is 1.30. The molecule has 0 aromatic heterocycles. The van der Waals surface area contributed by atoms with Crippen molar-refractivity contribution in [2.24, 2.45) is 50.7 Å². The van der Waals surface area contributed by atoms with Crippen molar-refractivity contribution in [2.45, 2.75) is 105 Å². The molecule has 44 heavy (non-hydrogen) atoms. The van der Waals surface area contributed by atoms with Crippen LogP contribution in [0.3, 0.4) is 0 Å². The molecule has 5 aliphatic rings. The molecule has 7 heteroatoms. The molecule has 6 rings (SSSR count). The van der Waals surface area contributed by atoms with Gasteiger partial charge >= 0.3 is 11.9 Å². The van der Waals surface area contributed by atoms with Crippen LogP contribution in [0.4, 0.5) is 0 Å². The van der Waals surface area contributed by atoms with Crippen molar-refractivity contribution >= 4 is 23.6 Å². The van der Waals surface area contributed by atoms with Gasteiger partial charge in [0.1, 0.15) is 0 Å². The summed E-state index contributed by atoms with van der Waals surface area (Å²) in [5.74, 6) is -1.64. The highest BCUT2D eigenvalue weighted by molar-refractivity contribution is 6.04. The van der Waals surface area contributed by atoms with E-state index in [9.17, 15) is 29.4 Å². The molecule has 0 aliphatic heterocycles. The number of benzene rings is 1. The van der Waals surface area contributed by atoms with Crippen LogP contribution in [0, 0.1) is 50.7 Å². The van der Waals surface area contributed by atoms with Gasteiger partial charge in [0.25, 0.3) is 5.91 Å². The van der Waals surface area contributed by atoms with E-state index in [0.29, 0.717) is 12.8 Å². The Kier molecular flexibility index (Phi) is 7.07. The van der Waals surface area contributed by atoms with E-state index in [1.807, 2.05) is 13.0 Å². The van der Waals surface area contributed by atoms with E-state index in [1.165, 1.54) is 11.6 Å². The van der Waals surface area contributed by atoms with Crippen molar-refractivity contribution < 1.29 is 29.4 Å². The lowest BCUT2D eigenvalue weighted by Crippen LogP contribution is -2.66. The number of hydrogen-bond donors (Lipinski definition) is 3. The van der Waals surface area contributed by atoms with Gasteiger partial charge in [-0.3, -0.25) is 14.4 Å². The highest BCUT2D eigenvalue weighted by Gasteiger charge is 2.69. The van der Waals surface area contributed by atoms with Crippen LogP contribution in [-0.2, 0) is 9.59 Å². The van der Waals surface area contributed by atoms with Gasteiger partial charge in [-0.2, -0.15) is 0 Å². The number of fused-ring (bicyclic) bond motifs is 7. The topological polar surface area (TPSA) is 121 Å². The summed E-state index contributed by atoms with van der Waals surface area (Å²) in [6, 6.07) is 6.24. The van der Waals surface area contributed by atoms with Crippen LogP contribution in [0.2, 0.25) is 0 Å². The first-order valence-corrected chi connectivity index (χ1v) is 16.6. The number of rotatable bonds is 4. The third-order valence-electron chi connectivity index (χ3n) is 14.4. The van der Waals surface area contributed by atoms with Gasteiger partial charge in [-0.15, -0.1) is 0 Å². The molecule has 5 aliphatic carbocycles. The van der Waals surface area contributed by atoms with Gasteiger partial charge in [-0.05, 0) is 122 Å². The molecule has 4 saturated carbocycles. The zero-order valence-electron chi connectivity index (χ0n) is 27.2. The van der Waals surface area contributed by atoms with Crippen LogP contribution >= 0.6 is 0 Å². The number of allylic oxidation sites excluding steroid dienone is 2. The molecule has 0 spiro atoms. The van der Waals surface area contributed by atoms with Crippen LogP contribution in [0.5, 0.6) is 0 Å². The van der Waals surface area contributed by atoms with Gasteiger partial charge in [-0.1, -0.05) is 52.3 Å². The summed E-state index contributed by atoms with van der Waals surface area (Å²) >= 11 is 0. The minimum atomic E-state index is -1.12. The predicted octanol–water partition coefficient (Wildman–Crippen LogP) is 7.16. The summed E-state index contributed by atoms with van der Waals surface area (Å²) < 4.78 is 0. The molecule has 238 valence electrons. The fraction of sp³-hybridized carbons (Fsp3) is 0.676. The summed E-state index contributed by atoms with van der Waals surface area (Å²) in [7, 11) is 0. The number of hydrogen-bond acceptors (Lipinski definition) is 4. The van der Waals surface area contributed by atoms with Gasteiger partial charge in [-0.25, -0.2) is 4.79 Å². The number of carboxylic acid groups (broad SMARTS) is 2. The lowest BCUT2D eigenvalue weighted by atomic mass is 9.34. The van der Waals surface area contributed by atoms with Gasteiger partial charge in [0.15, 0.2) is 5.78 Å². The summed E-state index contributed by atoms with van der Waals surface area (Å²) in [5, 5.41) is 22.9. The zero-order valence-corrected chi connectivity index (χ0v) is 27.2. The van der Waals surface area contributed by atoms with Crippen LogP contribution in [0.25, 0.3) is 0 Å². The molecule has 1 amide bonds. The maximum atomic E-state index is 14.5. The fourth-order valence-corrected chi connectivity index (χ4v) is 11.3. The Morgan fingerprint density at radius 3 is 2.18 bits per heavy atom. The predicted molar refractivity (Wildman–Crippen MR) is 167 cm³/mol. The molecule has 0 saturated heterocycles. The Hall–Kier alpha value is -2.96. The minimum Gasteiger partial charge on any atom is -0.481 e. The van der Waals surface area contributed by atoms with Crippen LogP contribution in [0.1, 0.15) is 120 Å². The summed E-state index contributed by atoms with van der Waals surface area (Å²) in [6.07, 6.45) is 9.66. The average Bonchev–Trinajstić information content (AvgIpc) is 2.96. The largest absolute Gasteiger partial charge is 0.481 e. The molecule has 0 bridgehead atoms. The summed E-state index contributed by atoms with van der Waals surface area (Å²) in [6.45, 7) is 13.4. The van der Waals surface area contributed by atoms with Crippen molar-refractivity contribution in [1.82, 2.24) is 5.32 Å². The van der Waals surface area contributed by atoms with Crippen LogP contribution in [0.15, 0.2) is 35.9 Å². The van der Waals surface area contributed by atoms with E-state index in [2.05, 4.69) is 39.9 Å². The lowest BCUT2D eigenvalue weighted by Gasteiger charge is -2.69. The van der Waals surface area contributed by atoms with Gasteiger partial charge in [0, 0.05) is 12.0 Å². The average molecular weight is 604 g/mol. The third-order valence-corrected chi connectivity index (χ3v) is 14.4. The molecule has 10 atom stereocenters. The first-order chi connectivity index (χ1) is 20.5. The number of carboxylic acids is 2. The Bertz CT molecular complexity index is 1470. The molecule has 3 unspecified atom stereocenters. The highest BCUT2D eigenvalue weighted by atomic mass is 16.4. The quantitative estimate of drug-likeness (QED) is 0.336. The molecule has 3 N–H and O–H groups in total. The van der Waals surface area contributed by atoms with Gasteiger partial charge in [0.05, 0.1) is 16.5 Å². The summed E-state index contributed by atoms with van der Waals surface area (Å²) in [4.78, 5) is 51.9. The van der Waals surface area contributed by atoms with Crippen molar-refractivity contribution in [3.8, 4) is 0 Å². The normalized spacial score (nSPS) is 44.6. The maximum Gasteiger partial charge on any atom is 0.336 e. The number of aromatic carboxylic acids is 1. The first kappa shape index (κ1) is 31.0. The SMILES string of the molecule is C[C@H]1C(NC(=O)c2ccccc2C(=O)O)CC[C@@]2(C)C1CC[C@]1(C)C2C(=O)C=C2[C@@H]3C[C@@](C)(C(=O)O)CC[C@]3(C)CC[C@]21C. The second-order valence-electron chi connectivity index (χ2n) is 16.4. The number of carbonyl (C=O) groups excluding carboxylic acids is 2.